The second kappa shape index (κ2) is 8.05. The summed E-state index contributed by atoms with van der Waals surface area (Å²) in [6.45, 7) is 1.17. The van der Waals surface area contributed by atoms with E-state index in [2.05, 4.69) is 5.32 Å². The number of nitriles is 1. The molecule has 0 aliphatic heterocycles. The van der Waals surface area contributed by atoms with Gasteiger partial charge in [-0.05, 0) is 42.3 Å². The van der Waals surface area contributed by atoms with Gasteiger partial charge in [0.05, 0.1) is 23.7 Å². The number of aromatic nitrogens is 1. The third kappa shape index (κ3) is 4.70. The molecule has 0 radical (unpaired) electrons. The molecule has 1 heterocycles. The molecule has 154 valence electrons. The van der Waals surface area contributed by atoms with Crippen molar-refractivity contribution in [2.24, 2.45) is 0 Å². The molecule has 0 aliphatic carbocycles. The summed E-state index contributed by atoms with van der Waals surface area (Å²) in [5.41, 5.74) is -1.89. The van der Waals surface area contributed by atoms with Crippen LogP contribution in [0.3, 0.4) is 0 Å². The molecule has 1 unspecified atom stereocenters. The maximum Gasteiger partial charge on any atom is 0.417 e. The number of aliphatic hydroxyl groups is 1. The number of carbonyl (C=O) groups excluding carboxylic acids is 1. The third-order valence-electron chi connectivity index (χ3n) is 4.54. The van der Waals surface area contributed by atoms with Crippen LogP contribution in [0.25, 0.3) is 11.1 Å². The molecule has 0 aliphatic rings. The van der Waals surface area contributed by atoms with Gasteiger partial charge in [0.1, 0.15) is 0 Å². The Labute approximate surface area is 171 Å². The zero-order valence-electron chi connectivity index (χ0n) is 15.9. The first kappa shape index (κ1) is 21.1. The fourth-order valence-corrected chi connectivity index (χ4v) is 2.99. The van der Waals surface area contributed by atoms with Crippen molar-refractivity contribution in [3.05, 3.63) is 78.1 Å². The summed E-state index contributed by atoms with van der Waals surface area (Å²) in [5, 5.41) is 21.7. The van der Waals surface area contributed by atoms with E-state index in [1.54, 1.807) is 17.0 Å². The molecule has 0 bridgehead atoms. The predicted octanol–water partition coefficient (Wildman–Crippen LogP) is 4.44. The number of carbonyl (C=O) groups is 1. The number of anilines is 1. The molecule has 8 heteroatoms. The average molecular weight is 413 g/mol. The van der Waals surface area contributed by atoms with Crippen LogP contribution in [0.1, 0.15) is 18.1 Å². The Hall–Kier alpha value is -3.57. The molecule has 30 heavy (non-hydrogen) atoms. The van der Waals surface area contributed by atoms with Gasteiger partial charge in [-0.1, -0.05) is 30.3 Å². The highest BCUT2D eigenvalue weighted by Gasteiger charge is 2.35. The maximum atomic E-state index is 13.1. The number of nitrogens with one attached hydrogen (secondary N) is 1. The van der Waals surface area contributed by atoms with Gasteiger partial charge in [0, 0.05) is 18.1 Å². The van der Waals surface area contributed by atoms with Gasteiger partial charge in [-0.25, -0.2) is 0 Å². The van der Waals surface area contributed by atoms with Crippen molar-refractivity contribution in [1.82, 2.24) is 4.57 Å². The van der Waals surface area contributed by atoms with E-state index >= 15 is 0 Å². The monoisotopic (exact) mass is 413 g/mol. The van der Waals surface area contributed by atoms with Gasteiger partial charge in [-0.15, -0.1) is 0 Å². The second-order valence-corrected chi connectivity index (χ2v) is 7.04. The third-order valence-corrected chi connectivity index (χ3v) is 4.54. The van der Waals surface area contributed by atoms with E-state index in [-0.39, 0.29) is 12.2 Å². The summed E-state index contributed by atoms with van der Waals surface area (Å²) in [6.07, 6.45) is -1.28. The summed E-state index contributed by atoms with van der Waals surface area (Å²) in [6, 6.07) is 15.7. The SMILES string of the molecule is CC(O)(Cn1ccc(-c2ccccc2)c1)C(=O)Nc1ccc(C#N)c(C(F)(F)F)c1. The number of nitrogens with zero attached hydrogens (tertiary/aromatic N) is 2. The second-order valence-electron chi connectivity index (χ2n) is 7.04. The van der Waals surface area contributed by atoms with Gasteiger partial charge in [-0.3, -0.25) is 4.79 Å². The number of alkyl halides is 3. The Morgan fingerprint density at radius 2 is 1.83 bits per heavy atom. The largest absolute Gasteiger partial charge is 0.417 e. The van der Waals surface area contributed by atoms with Crippen molar-refractivity contribution >= 4 is 11.6 Å². The Kier molecular flexibility index (Phi) is 5.67. The molecular formula is C22H18F3N3O2. The number of rotatable bonds is 5. The molecule has 0 fully saturated rings. The lowest BCUT2D eigenvalue weighted by molar-refractivity contribution is -0.138. The van der Waals surface area contributed by atoms with Crippen molar-refractivity contribution in [1.29, 1.82) is 5.26 Å². The lowest BCUT2D eigenvalue weighted by Gasteiger charge is -2.23. The van der Waals surface area contributed by atoms with Crippen LogP contribution in [0, 0.1) is 11.3 Å². The van der Waals surface area contributed by atoms with Crippen LogP contribution in [0.4, 0.5) is 18.9 Å². The zero-order valence-corrected chi connectivity index (χ0v) is 15.9. The van der Waals surface area contributed by atoms with E-state index in [4.69, 9.17) is 5.26 Å². The van der Waals surface area contributed by atoms with Crippen molar-refractivity contribution in [3.63, 3.8) is 0 Å². The number of benzene rings is 2. The van der Waals surface area contributed by atoms with E-state index in [1.165, 1.54) is 19.1 Å². The zero-order chi connectivity index (χ0) is 21.9. The average Bonchev–Trinajstić information content (AvgIpc) is 3.15. The van der Waals surface area contributed by atoms with Gasteiger partial charge >= 0.3 is 6.18 Å². The van der Waals surface area contributed by atoms with Gasteiger partial charge < -0.3 is 15.0 Å². The van der Waals surface area contributed by atoms with Crippen LogP contribution < -0.4 is 5.32 Å². The highest BCUT2D eigenvalue weighted by molar-refractivity contribution is 5.96. The summed E-state index contributed by atoms with van der Waals surface area (Å²) in [4.78, 5) is 12.5. The van der Waals surface area contributed by atoms with Gasteiger partial charge in [0.2, 0.25) is 0 Å². The minimum Gasteiger partial charge on any atom is -0.378 e. The Bertz CT molecular complexity index is 1100. The van der Waals surface area contributed by atoms with Crippen LogP contribution in [-0.4, -0.2) is 21.2 Å². The van der Waals surface area contributed by atoms with E-state index in [0.29, 0.717) is 6.07 Å². The van der Waals surface area contributed by atoms with E-state index in [0.717, 1.165) is 17.2 Å². The molecule has 2 aromatic carbocycles. The molecule has 1 amide bonds. The molecule has 2 N–H and O–H groups in total. The van der Waals surface area contributed by atoms with E-state index < -0.39 is 28.8 Å². The lowest BCUT2D eigenvalue weighted by Crippen LogP contribution is -2.43. The van der Waals surface area contributed by atoms with E-state index in [1.807, 2.05) is 36.4 Å². The Morgan fingerprint density at radius 1 is 1.13 bits per heavy atom. The Balaban J connectivity index is 1.75. The first-order valence-corrected chi connectivity index (χ1v) is 8.96. The highest BCUT2D eigenvalue weighted by atomic mass is 19.4. The molecular weight excluding hydrogens is 395 g/mol. The first-order chi connectivity index (χ1) is 14.1. The molecule has 3 aromatic rings. The van der Waals surface area contributed by atoms with Gasteiger partial charge in [-0.2, -0.15) is 18.4 Å². The summed E-state index contributed by atoms with van der Waals surface area (Å²) < 4.78 is 40.9. The van der Waals surface area contributed by atoms with Crippen LogP contribution in [0.2, 0.25) is 0 Å². The van der Waals surface area contributed by atoms with Crippen molar-refractivity contribution in [2.75, 3.05) is 5.32 Å². The summed E-state index contributed by atoms with van der Waals surface area (Å²) in [7, 11) is 0. The lowest BCUT2D eigenvalue weighted by atomic mass is 10.0. The molecule has 1 atom stereocenters. The topological polar surface area (TPSA) is 78.1 Å². The Morgan fingerprint density at radius 3 is 2.47 bits per heavy atom. The number of hydrogen-bond acceptors (Lipinski definition) is 3. The summed E-state index contributed by atoms with van der Waals surface area (Å²) in [5.74, 6) is -0.865. The predicted molar refractivity (Wildman–Crippen MR) is 105 cm³/mol. The first-order valence-electron chi connectivity index (χ1n) is 8.96. The van der Waals surface area contributed by atoms with Gasteiger partial charge in [0.15, 0.2) is 5.60 Å². The normalized spacial score (nSPS) is 13.3. The molecule has 0 saturated carbocycles. The molecule has 0 spiro atoms. The number of hydrogen-bond donors (Lipinski definition) is 2. The maximum absolute atomic E-state index is 13.1. The number of halogens is 3. The van der Waals surface area contributed by atoms with Crippen molar-refractivity contribution in [3.8, 4) is 17.2 Å². The highest BCUT2D eigenvalue weighted by Crippen LogP contribution is 2.33. The smallest absolute Gasteiger partial charge is 0.378 e. The van der Waals surface area contributed by atoms with Crippen molar-refractivity contribution < 1.29 is 23.1 Å². The number of amides is 1. The fraction of sp³-hybridized carbons (Fsp3) is 0.182. The minimum atomic E-state index is -4.74. The summed E-state index contributed by atoms with van der Waals surface area (Å²) >= 11 is 0. The molecule has 3 rings (SSSR count). The molecule has 5 nitrogen and oxygen atoms in total. The van der Waals surface area contributed by atoms with Crippen LogP contribution >= 0.6 is 0 Å². The quantitative estimate of drug-likeness (QED) is 0.649. The van der Waals surface area contributed by atoms with Gasteiger partial charge in [0.25, 0.3) is 5.91 Å². The van der Waals surface area contributed by atoms with Crippen LogP contribution in [0.15, 0.2) is 67.0 Å². The molecule has 1 aromatic heterocycles. The van der Waals surface area contributed by atoms with Crippen molar-refractivity contribution in [2.45, 2.75) is 25.2 Å². The van der Waals surface area contributed by atoms with Crippen LogP contribution in [0.5, 0.6) is 0 Å². The standard InChI is InChI=1S/C22H18F3N3O2/c1-21(30,14-28-10-9-17(13-28)15-5-3-2-4-6-15)20(29)27-18-8-7-16(12-26)19(11-18)22(23,24)25/h2-11,13,30H,14H2,1H3,(H,27,29). The van der Waals surface area contributed by atoms with E-state index in [9.17, 15) is 23.1 Å². The van der Waals surface area contributed by atoms with Crippen LogP contribution in [-0.2, 0) is 17.5 Å². The minimum absolute atomic E-state index is 0.103. The fourth-order valence-electron chi connectivity index (χ4n) is 2.99. The molecule has 0 saturated heterocycles.